The Bertz CT molecular complexity index is 401. The Hall–Kier alpha value is 1.27. The predicted octanol–water partition coefficient (Wildman–Crippen LogP) is -14.1. The van der Waals surface area contributed by atoms with Gasteiger partial charge >= 0.3 is 96.4 Å². The number of carbonyl (C=O) groups excluding carboxylic acids is 3. The Morgan fingerprint density at radius 3 is 1.58 bits per heavy atom. The van der Waals surface area contributed by atoms with Crippen LogP contribution in [0.1, 0.15) is 6.42 Å². The smallest absolute Gasteiger partial charge is 0.550 e. The summed E-state index contributed by atoms with van der Waals surface area (Å²) in [6.45, 7) is 0. The van der Waals surface area contributed by atoms with E-state index in [1.807, 2.05) is 0 Å². The monoisotopic (exact) mass is 320 g/mol. The molecule has 0 radical (unpaired) electrons. The summed E-state index contributed by atoms with van der Waals surface area (Å²) < 4.78 is 20.9. The van der Waals surface area contributed by atoms with E-state index in [-0.39, 0.29) is 88.7 Å². The molecule has 0 aliphatic carbocycles. The molecule has 0 aromatic rings. The third-order valence-corrected chi connectivity index (χ3v) is 2.71. The van der Waals surface area contributed by atoms with Crippen LogP contribution in [0.2, 0.25) is 0 Å². The Kier molecular flexibility index (Phi) is 17.8. The van der Waals surface area contributed by atoms with Gasteiger partial charge in [-0.1, -0.05) is 0 Å². The molecule has 0 bridgehead atoms. The average Bonchev–Trinajstić information content (AvgIpc) is 1.99. The second-order valence-electron chi connectivity index (χ2n) is 2.77. The first-order valence-corrected chi connectivity index (χ1v) is 4.85. The molecular formula is C6H4Na3O9P. The maximum atomic E-state index is 10.4. The van der Waals surface area contributed by atoms with Gasteiger partial charge in [0.25, 0.3) is 0 Å². The van der Waals surface area contributed by atoms with Crippen LogP contribution in [0.5, 0.6) is 0 Å². The molecule has 0 fully saturated rings. The van der Waals surface area contributed by atoms with Gasteiger partial charge in [-0.2, -0.15) is 0 Å². The van der Waals surface area contributed by atoms with Gasteiger partial charge in [0.15, 0.2) is 0 Å². The predicted molar refractivity (Wildman–Crippen MR) is 36.7 cm³/mol. The minimum atomic E-state index is -3.98. The van der Waals surface area contributed by atoms with E-state index in [1.165, 1.54) is 0 Å². The van der Waals surface area contributed by atoms with Gasteiger partial charge < -0.3 is 34.8 Å². The number of carbonyl (C=O) groups is 3. The summed E-state index contributed by atoms with van der Waals surface area (Å²) >= 11 is 0. The van der Waals surface area contributed by atoms with Gasteiger partial charge in [0.1, 0.15) is 11.3 Å². The zero-order valence-corrected chi connectivity index (χ0v) is 17.3. The first-order chi connectivity index (χ1) is 7.12. The molecule has 19 heavy (non-hydrogen) atoms. The zero-order valence-electron chi connectivity index (χ0n) is 10.4. The summed E-state index contributed by atoms with van der Waals surface area (Å²) in [5.41, 5.74) is -6.57. The van der Waals surface area contributed by atoms with Crippen LogP contribution in [-0.2, 0) is 23.5 Å². The topological polar surface area (TPSA) is 175 Å². The van der Waals surface area contributed by atoms with Crippen LogP contribution in [0, 0.1) is 0 Å². The van der Waals surface area contributed by atoms with Crippen LogP contribution in [0.25, 0.3) is 0 Å². The fourth-order valence-corrected chi connectivity index (χ4v) is 1.67. The molecule has 0 rings (SSSR count). The molecule has 0 aromatic carbocycles. The van der Waals surface area contributed by atoms with E-state index >= 15 is 0 Å². The van der Waals surface area contributed by atoms with E-state index in [1.54, 1.807) is 0 Å². The van der Waals surface area contributed by atoms with Crippen molar-refractivity contribution in [3.8, 4) is 0 Å². The van der Waals surface area contributed by atoms with Crippen molar-refractivity contribution >= 4 is 25.6 Å². The molecule has 2 atom stereocenters. The van der Waals surface area contributed by atoms with Gasteiger partial charge in [0.05, 0.1) is 11.9 Å². The molecule has 9 nitrogen and oxygen atoms in total. The molecule has 0 aromatic heterocycles. The summed E-state index contributed by atoms with van der Waals surface area (Å²) in [7, 11) is -3.98. The van der Waals surface area contributed by atoms with Gasteiger partial charge in [0, 0.05) is 12.4 Å². The van der Waals surface area contributed by atoms with E-state index in [2.05, 4.69) is 0 Å². The van der Waals surface area contributed by atoms with E-state index < -0.39 is 43.3 Å². The van der Waals surface area contributed by atoms with Crippen molar-refractivity contribution in [2.24, 2.45) is 0 Å². The molecule has 0 aliphatic rings. The SMILES string of the molecule is O=C([O-])CC(O)(C(=O)[O-])C(C(=O)[O-])P(=O)=O.[Na+].[Na+].[Na+]. The molecule has 0 heterocycles. The fourth-order valence-electron chi connectivity index (χ4n) is 0.956. The second-order valence-corrected chi connectivity index (χ2v) is 3.85. The number of aliphatic hydroxyl groups is 1. The van der Waals surface area contributed by atoms with E-state index in [0.717, 1.165) is 0 Å². The normalized spacial score (nSPS) is 13.3. The summed E-state index contributed by atoms with van der Waals surface area (Å²) in [5.74, 6) is -7.18. The number of carboxylic acid groups (broad SMARTS) is 3. The number of hydrogen-bond acceptors (Lipinski definition) is 9. The molecule has 1 N–H and O–H groups in total. The molecule has 0 saturated heterocycles. The summed E-state index contributed by atoms with van der Waals surface area (Å²) in [6.07, 6.45) is -1.75. The second kappa shape index (κ2) is 11.9. The quantitative estimate of drug-likeness (QED) is 0.368. The van der Waals surface area contributed by atoms with Gasteiger partial charge in [0.2, 0.25) is 0 Å². The third kappa shape index (κ3) is 8.33. The summed E-state index contributed by atoms with van der Waals surface area (Å²) in [5, 5.41) is 40.0. The molecular weight excluding hydrogens is 316 g/mol. The first-order valence-electron chi connectivity index (χ1n) is 3.61. The van der Waals surface area contributed by atoms with Crippen LogP contribution in [0.15, 0.2) is 0 Å². The van der Waals surface area contributed by atoms with Gasteiger partial charge in [-0.05, 0) is 0 Å². The van der Waals surface area contributed by atoms with E-state index in [9.17, 15) is 43.9 Å². The molecule has 90 valence electrons. The number of carboxylic acids is 3. The Morgan fingerprint density at radius 2 is 1.42 bits per heavy atom. The van der Waals surface area contributed by atoms with Crippen molar-refractivity contribution in [1.29, 1.82) is 0 Å². The third-order valence-electron chi connectivity index (χ3n) is 1.65. The molecule has 0 amide bonds. The maximum absolute atomic E-state index is 10.4. The standard InChI is InChI=1S/C6H7O9P.3Na/c7-2(8)1-6(13,5(11)12)3(4(9)10)16(14)15;;;/h3,13H,1H2,(H,7,8)(H,9,10)(H,11,12);;;/q;3*+1/p-3. The van der Waals surface area contributed by atoms with Gasteiger partial charge in [-0.25, -0.2) is 9.13 Å². The summed E-state index contributed by atoms with van der Waals surface area (Å²) in [6, 6.07) is 0. The molecule has 0 saturated carbocycles. The van der Waals surface area contributed by atoms with E-state index in [4.69, 9.17) is 0 Å². The van der Waals surface area contributed by atoms with Crippen molar-refractivity contribution < 1.29 is 133 Å². The largest absolute Gasteiger partial charge is 1.00 e. The van der Waals surface area contributed by atoms with Crippen LogP contribution < -0.4 is 104 Å². The van der Waals surface area contributed by atoms with Crippen LogP contribution in [-0.4, -0.2) is 34.3 Å². The molecule has 13 heteroatoms. The average molecular weight is 320 g/mol. The zero-order chi connectivity index (χ0) is 13.1. The number of rotatable bonds is 6. The first kappa shape index (κ1) is 28.4. The van der Waals surface area contributed by atoms with Crippen LogP contribution in [0.3, 0.4) is 0 Å². The Labute approximate surface area is 173 Å². The van der Waals surface area contributed by atoms with Crippen molar-refractivity contribution in [2.45, 2.75) is 17.7 Å². The summed E-state index contributed by atoms with van der Waals surface area (Å²) in [4.78, 5) is 30.8. The Balaban J connectivity index is -0.000000375. The maximum Gasteiger partial charge on any atom is 1.00 e. The Morgan fingerprint density at radius 1 is 1.05 bits per heavy atom. The molecule has 0 spiro atoms. The number of aliphatic carboxylic acids is 3. The minimum Gasteiger partial charge on any atom is -0.550 e. The van der Waals surface area contributed by atoms with Crippen molar-refractivity contribution in [2.75, 3.05) is 0 Å². The van der Waals surface area contributed by atoms with Crippen molar-refractivity contribution in [1.82, 2.24) is 0 Å². The number of hydrogen-bond donors (Lipinski definition) is 1. The van der Waals surface area contributed by atoms with Crippen LogP contribution >= 0.6 is 7.68 Å². The molecule has 2 unspecified atom stereocenters. The van der Waals surface area contributed by atoms with Gasteiger partial charge in [-0.15, -0.1) is 0 Å². The van der Waals surface area contributed by atoms with E-state index in [0.29, 0.717) is 0 Å². The van der Waals surface area contributed by atoms with Gasteiger partial charge in [-0.3, -0.25) is 0 Å². The fraction of sp³-hybridized carbons (Fsp3) is 0.500. The minimum absolute atomic E-state index is 0. The molecule has 0 aliphatic heterocycles. The van der Waals surface area contributed by atoms with Crippen molar-refractivity contribution in [3.05, 3.63) is 0 Å². The van der Waals surface area contributed by atoms with Crippen molar-refractivity contribution in [3.63, 3.8) is 0 Å². The van der Waals surface area contributed by atoms with Crippen LogP contribution in [0.4, 0.5) is 0 Å².